The van der Waals surface area contributed by atoms with Gasteiger partial charge in [-0.25, -0.2) is 9.80 Å². The van der Waals surface area contributed by atoms with Crippen LogP contribution in [0.25, 0.3) is 11.3 Å². The van der Waals surface area contributed by atoms with E-state index in [1.807, 2.05) is 12.1 Å². The van der Waals surface area contributed by atoms with Crippen molar-refractivity contribution in [3.63, 3.8) is 0 Å². The summed E-state index contributed by atoms with van der Waals surface area (Å²) in [6.07, 6.45) is 1.22. The summed E-state index contributed by atoms with van der Waals surface area (Å²) in [6.45, 7) is -0.255. The molecule has 27 heavy (non-hydrogen) atoms. The lowest BCUT2D eigenvalue weighted by molar-refractivity contribution is -0.138. The SMILES string of the molecule is Cl.NCCC(=O)N1C(=O)CN(/N=C/c2ccc(-c3ccc(Cl)cc3)o2)C1=O. The number of nitrogens with two attached hydrogens (primary N) is 1. The Balaban J connectivity index is 0.00000261. The van der Waals surface area contributed by atoms with Gasteiger partial charge in [0, 0.05) is 23.6 Å². The first-order valence-electron chi connectivity index (χ1n) is 7.76. The van der Waals surface area contributed by atoms with Crippen LogP contribution in [0.1, 0.15) is 12.2 Å². The third kappa shape index (κ3) is 4.54. The number of urea groups is 1. The Morgan fingerprint density at radius 3 is 2.59 bits per heavy atom. The molecule has 4 amide bonds. The molecule has 1 aliphatic rings. The van der Waals surface area contributed by atoms with Gasteiger partial charge in [-0.1, -0.05) is 11.6 Å². The number of hydrogen-bond donors (Lipinski definition) is 1. The van der Waals surface area contributed by atoms with Crippen molar-refractivity contribution in [2.24, 2.45) is 10.8 Å². The molecule has 3 rings (SSSR count). The first kappa shape index (κ1) is 20.6. The molecule has 0 radical (unpaired) electrons. The summed E-state index contributed by atoms with van der Waals surface area (Å²) in [4.78, 5) is 36.3. The highest BCUT2D eigenvalue weighted by Gasteiger charge is 2.40. The smallest absolute Gasteiger partial charge is 0.354 e. The number of hydrogen-bond acceptors (Lipinski definition) is 6. The number of imide groups is 3. The van der Waals surface area contributed by atoms with Crippen molar-refractivity contribution < 1.29 is 18.8 Å². The maximum atomic E-state index is 12.1. The number of carbonyl (C=O) groups is 3. The van der Waals surface area contributed by atoms with Gasteiger partial charge in [-0.05, 0) is 36.4 Å². The molecule has 0 aliphatic carbocycles. The molecule has 10 heteroatoms. The molecule has 1 aromatic heterocycles. The van der Waals surface area contributed by atoms with E-state index in [9.17, 15) is 14.4 Å². The highest BCUT2D eigenvalue weighted by Crippen LogP contribution is 2.23. The van der Waals surface area contributed by atoms with Crippen molar-refractivity contribution in [2.45, 2.75) is 6.42 Å². The minimum absolute atomic E-state index is 0. The fraction of sp³-hybridized carbons (Fsp3) is 0.176. The van der Waals surface area contributed by atoms with Gasteiger partial charge in [0.15, 0.2) is 0 Å². The summed E-state index contributed by atoms with van der Waals surface area (Å²) in [7, 11) is 0. The van der Waals surface area contributed by atoms with Crippen LogP contribution in [0.5, 0.6) is 0 Å². The second-order valence-corrected chi connectivity index (χ2v) is 5.89. The van der Waals surface area contributed by atoms with Crippen LogP contribution in [0.15, 0.2) is 45.9 Å². The second kappa shape index (κ2) is 8.81. The summed E-state index contributed by atoms with van der Waals surface area (Å²) in [6, 6.07) is 9.74. The van der Waals surface area contributed by atoms with E-state index in [4.69, 9.17) is 21.8 Å². The molecule has 142 valence electrons. The molecule has 0 saturated carbocycles. The molecule has 1 aliphatic heterocycles. The van der Waals surface area contributed by atoms with E-state index < -0.39 is 17.8 Å². The Morgan fingerprint density at radius 1 is 1.22 bits per heavy atom. The molecule has 0 atom stereocenters. The number of nitrogens with zero attached hydrogens (tertiary/aromatic N) is 3. The van der Waals surface area contributed by atoms with Gasteiger partial charge in [0.2, 0.25) is 5.91 Å². The molecule has 8 nitrogen and oxygen atoms in total. The van der Waals surface area contributed by atoms with E-state index >= 15 is 0 Å². The lowest BCUT2D eigenvalue weighted by Gasteiger charge is -2.11. The number of furan rings is 1. The van der Waals surface area contributed by atoms with Gasteiger partial charge in [-0.2, -0.15) is 10.0 Å². The standard InChI is InChI=1S/C17H15ClN4O4.ClH/c18-12-3-1-11(2-4-12)14-6-5-13(26-14)9-20-21-10-16(24)22(17(21)25)15(23)7-8-19;/h1-6,9H,7-8,10,19H2;1H/b20-9+;. The zero-order valence-electron chi connectivity index (χ0n) is 14.0. The topological polar surface area (TPSA) is 109 Å². The summed E-state index contributed by atoms with van der Waals surface area (Å²) >= 11 is 5.85. The quantitative estimate of drug-likeness (QED) is 0.601. The molecular weight excluding hydrogens is 395 g/mol. The maximum absolute atomic E-state index is 12.1. The largest absolute Gasteiger partial charge is 0.455 e. The number of halogens is 2. The molecule has 2 aromatic rings. The fourth-order valence-electron chi connectivity index (χ4n) is 2.38. The Bertz CT molecular complexity index is 879. The van der Waals surface area contributed by atoms with Crippen molar-refractivity contribution in [1.82, 2.24) is 9.91 Å². The number of carbonyl (C=O) groups excluding carboxylic acids is 3. The van der Waals surface area contributed by atoms with Crippen LogP contribution in [0.3, 0.4) is 0 Å². The van der Waals surface area contributed by atoms with Gasteiger partial charge in [-0.15, -0.1) is 12.4 Å². The van der Waals surface area contributed by atoms with Gasteiger partial charge < -0.3 is 10.2 Å². The molecule has 1 saturated heterocycles. The average Bonchev–Trinajstić information content (AvgIpc) is 3.18. The van der Waals surface area contributed by atoms with Gasteiger partial charge in [0.1, 0.15) is 18.1 Å². The van der Waals surface area contributed by atoms with Crippen LogP contribution >= 0.6 is 24.0 Å². The van der Waals surface area contributed by atoms with E-state index in [0.717, 1.165) is 10.6 Å². The normalized spacial score (nSPS) is 14.1. The molecule has 0 spiro atoms. The lowest BCUT2D eigenvalue weighted by atomic mass is 10.2. The van der Waals surface area contributed by atoms with Crippen molar-refractivity contribution in [3.8, 4) is 11.3 Å². The van der Waals surface area contributed by atoms with Crippen LogP contribution < -0.4 is 5.73 Å². The molecule has 0 unspecified atom stereocenters. The molecular formula is C17H16Cl2N4O4. The van der Waals surface area contributed by atoms with Gasteiger partial charge in [-0.3, -0.25) is 9.59 Å². The first-order valence-corrected chi connectivity index (χ1v) is 8.14. The highest BCUT2D eigenvalue weighted by molar-refractivity contribution is 6.30. The number of hydrazone groups is 1. The Labute approximate surface area is 165 Å². The molecule has 2 heterocycles. The monoisotopic (exact) mass is 410 g/mol. The zero-order valence-corrected chi connectivity index (χ0v) is 15.6. The number of benzene rings is 1. The van der Waals surface area contributed by atoms with E-state index in [2.05, 4.69) is 5.10 Å². The Kier molecular flexibility index (Phi) is 6.73. The Morgan fingerprint density at radius 2 is 1.93 bits per heavy atom. The maximum Gasteiger partial charge on any atom is 0.354 e. The highest BCUT2D eigenvalue weighted by atomic mass is 35.5. The third-order valence-electron chi connectivity index (χ3n) is 3.63. The number of amides is 4. The van der Waals surface area contributed by atoms with Gasteiger partial charge >= 0.3 is 6.03 Å². The average molecular weight is 411 g/mol. The minimum Gasteiger partial charge on any atom is -0.455 e. The zero-order chi connectivity index (χ0) is 18.7. The molecule has 2 N–H and O–H groups in total. The summed E-state index contributed by atoms with van der Waals surface area (Å²) in [5.41, 5.74) is 6.12. The number of rotatable bonds is 5. The van der Waals surface area contributed by atoms with Gasteiger partial charge in [0.25, 0.3) is 5.91 Å². The van der Waals surface area contributed by atoms with E-state index in [1.54, 1.807) is 24.3 Å². The van der Waals surface area contributed by atoms with E-state index in [1.165, 1.54) is 6.21 Å². The van der Waals surface area contributed by atoms with E-state index in [-0.39, 0.29) is 31.9 Å². The molecule has 0 bridgehead atoms. The van der Waals surface area contributed by atoms with E-state index in [0.29, 0.717) is 21.4 Å². The molecule has 1 fully saturated rings. The van der Waals surface area contributed by atoms with Crippen LogP contribution in [0.2, 0.25) is 5.02 Å². The van der Waals surface area contributed by atoms with Crippen molar-refractivity contribution in [2.75, 3.05) is 13.1 Å². The van der Waals surface area contributed by atoms with Crippen molar-refractivity contribution >= 4 is 48.1 Å². The van der Waals surface area contributed by atoms with Crippen LogP contribution in [0, 0.1) is 0 Å². The predicted molar refractivity (Wildman–Crippen MR) is 102 cm³/mol. The van der Waals surface area contributed by atoms with Crippen molar-refractivity contribution in [3.05, 3.63) is 47.2 Å². The third-order valence-corrected chi connectivity index (χ3v) is 3.89. The fourth-order valence-corrected chi connectivity index (χ4v) is 2.50. The summed E-state index contributed by atoms with van der Waals surface area (Å²) < 4.78 is 5.63. The molecule has 1 aromatic carbocycles. The summed E-state index contributed by atoms with van der Waals surface area (Å²) in [5.74, 6) is -0.274. The summed E-state index contributed by atoms with van der Waals surface area (Å²) in [5, 5.41) is 5.46. The van der Waals surface area contributed by atoms with Crippen molar-refractivity contribution in [1.29, 1.82) is 0 Å². The second-order valence-electron chi connectivity index (χ2n) is 5.46. The van der Waals surface area contributed by atoms with Crippen LogP contribution in [0.4, 0.5) is 4.79 Å². The first-order chi connectivity index (χ1) is 12.5. The van der Waals surface area contributed by atoms with Crippen LogP contribution in [-0.4, -0.2) is 47.1 Å². The van der Waals surface area contributed by atoms with Gasteiger partial charge in [0.05, 0.1) is 6.21 Å². The predicted octanol–water partition coefficient (Wildman–Crippen LogP) is 2.50. The lowest BCUT2D eigenvalue weighted by Crippen LogP contribution is -2.38. The Hall–Kier alpha value is -2.68. The van der Waals surface area contributed by atoms with Crippen LogP contribution in [-0.2, 0) is 9.59 Å². The minimum atomic E-state index is -0.797.